The van der Waals surface area contributed by atoms with E-state index in [2.05, 4.69) is 11.7 Å². The molecule has 6 nitrogen and oxygen atoms in total. The molecule has 0 radical (unpaired) electrons. The molecule has 2 aromatic carbocycles. The van der Waals surface area contributed by atoms with Crippen molar-refractivity contribution in [3.05, 3.63) is 95.8 Å². The van der Waals surface area contributed by atoms with Crippen LogP contribution in [-0.4, -0.2) is 39.7 Å². The molecule has 0 spiro atoms. The highest BCUT2D eigenvalue weighted by Crippen LogP contribution is 2.17. The van der Waals surface area contributed by atoms with E-state index in [1.807, 2.05) is 49.4 Å². The van der Waals surface area contributed by atoms with E-state index in [9.17, 15) is 9.59 Å². The minimum absolute atomic E-state index is 0.0743. The first-order valence-corrected chi connectivity index (χ1v) is 9.81. The predicted molar refractivity (Wildman–Crippen MR) is 116 cm³/mol. The fourth-order valence-electron chi connectivity index (χ4n) is 3.19. The summed E-state index contributed by atoms with van der Waals surface area (Å²) >= 11 is 0. The Bertz CT molecular complexity index is 1020. The third-order valence-corrected chi connectivity index (χ3v) is 4.72. The monoisotopic (exact) mass is 403 g/mol. The van der Waals surface area contributed by atoms with Crippen LogP contribution >= 0.6 is 0 Å². The Morgan fingerprint density at radius 2 is 1.83 bits per heavy atom. The van der Waals surface area contributed by atoms with Crippen LogP contribution in [0.2, 0.25) is 0 Å². The minimum Gasteiger partial charge on any atom is -0.462 e. The van der Waals surface area contributed by atoms with Gasteiger partial charge in [-0.15, -0.1) is 6.58 Å². The zero-order valence-corrected chi connectivity index (χ0v) is 17.2. The highest BCUT2D eigenvalue weighted by molar-refractivity contribution is 5.94. The Kier molecular flexibility index (Phi) is 6.80. The van der Waals surface area contributed by atoms with Crippen LogP contribution in [0.3, 0.4) is 0 Å². The number of rotatable bonds is 8. The van der Waals surface area contributed by atoms with E-state index in [0.717, 1.165) is 11.3 Å². The van der Waals surface area contributed by atoms with E-state index in [0.29, 0.717) is 36.5 Å². The highest BCUT2D eigenvalue weighted by Gasteiger charge is 2.18. The van der Waals surface area contributed by atoms with Crippen molar-refractivity contribution in [3.8, 4) is 5.69 Å². The largest absolute Gasteiger partial charge is 0.462 e. The average Bonchev–Trinajstić information content (AvgIpc) is 3.15. The molecule has 0 saturated heterocycles. The van der Waals surface area contributed by atoms with E-state index >= 15 is 0 Å². The van der Waals surface area contributed by atoms with Gasteiger partial charge in [0.25, 0.3) is 5.91 Å². The Labute approximate surface area is 176 Å². The van der Waals surface area contributed by atoms with Crippen LogP contribution < -0.4 is 0 Å². The Morgan fingerprint density at radius 1 is 1.13 bits per heavy atom. The molecule has 3 aromatic rings. The smallest absolute Gasteiger partial charge is 0.341 e. The average molecular weight is 403 g/mol. The van der Waals surface area contributed by atoms with Gasteiger partial charge >= 0.3 is 5.97 Å². The molecular formula is C24H25N3O3. The number of amides is 1. The number of carbonyl (C=O) groups excluding carboxylic acids is 2. The molecule has 0 atom stereocenters. The fourth-order valence-corrected chi connectivity index (χ4v) is 3.19. The summed E-state index contributed by atoms with van der Waals surface area (Å²) in [4.78, 5) is 26.8. The van der Waals surface area contributed by atoms with Crippen molar-refractivity contribution in [2.24, 2.45) is 0 Å². The number of esters is 1. The van der Waals surface area contributed by atoms with Gasteiger partial charge in [0.2, 0.25) is 0 Å². The van der Waals surface area contributed by atoms with Crippen LogP contribution in [0.4, 0.5) is 0 Å². The van der Waals surface area contributed by atoms with E-state index in [4.69, 9.17) is 4.74 Å². The fraction of sp³-hybridized carbons (Fsp3) is 0.208. The molecular weight excluding hydrogens is 378 g/mol. The summed E-state index contributed by atoms with van der Waals surface area (Å²) in [6, 6.07) is 17.0. The van der Waals surface area contributed by atoms with Crippen molar-refractivity contribution in [3.63, 3.8) is 0 Å². The zero-order chi connectivity index (χ0) is 21.5. The second-order valence-corrected chi connectivity index (χ2v) is 6.78. The summed E-state index contributed by atoms with van der Waals surface area (Å²) in [5, 5.41) is 4.29. The van der Waals surface area contributed by atoms with Crippen LogP contribution in [0.5, 0.6) is 0 Å². The van der Waals surface area contributed by atoms with Gasteiger partial charge in [-0.3, -0.25) is 4.79 Å². The molecule has 3 rings (SSSR count). The first-order chi connectivity index (χ1) is 14.5. The number of benzene rings is 2. The number of ether oxygens (including phenoxy) is 1. The number of aromatic nitrogens is 2. The van der Waals surface area contributed by atoms with Crippen LogP contribution in [0.15, 0.2) is 73.4 Å². The predicted octanol–water partition coefficient (Wildman–Crippen LogP) is 4.19. The SMILES string of the molecule is C=CCN(Cc1ccccc1)C(=O)c1ccc(-n2ncc(C(=O)OCC)c2C)cc1. The van der Waals surface area contributed by atoms with E-state index < -0.39 is 5.97 Å². The van der Waals surface area contributed by atoms with Gasteiger partial charge in [0.1, 0.15) is 5.56 Å². The van der Waals surface area contributed by atoms with Crippen molar-refractivity contribution in [2.45, 2.75) is 20.4 Å². The van der Waals surface area contributed by atoms with Gasteiger partial charge < -0.3 is 9.64 Å². The molecule has 1 aromatic heterocycles. The summed E-state index contributed by atoms with van der Waals surface area (Å²) in [6.45, 7) is 8.62. The Hall–Kier alpha value is -3.67. The van der Waals surface area contributed by atoms with Crippen molar-refractivity contribution < 1.29 is 14.3 Å². The minimum atomic E-state index is -0.394. The van der Waals surface area contributed by atoms with Gasteiger partial charge in [-0.25, -0.2) is 9.48 Å². The topological polar surface area (TPSA) is 64.4 Å². The summed E-state index contributed by atoms with van der Waals surface area (Å²) in [5.41, 5.74) is 3.51. The molecule has 0 bridgehead atoms. The number of carbonyl (C=O) groups is 2. The van der Waals surface area contributed by atoms with E-state index in [1.54, 1.807) is 34.7 Å². The van der Waals surface area contributed by atoms with Crippen molar-refractivity contribution in [1.29, 1.82) is 0 Å². The second kappa shape index (κ2) is 9.69. The molecule has 0 N–H and O–H groups in total. The van der Waals surface area contributed by atoms with Crippen molar-refractivity contribution in [2.75, 3.05) is 13.2 Å². The maximum Gasteiger partial charge on any atom is 0.341 e. The van der Waals surface area contributed by atoms with E-state index in [1.165, 1.54) is 6.20 Å². The number of hydrogen-bond acceptors (Lipinski definition) is 4. The molecule has 0 unspecified atom stereocenters. The van der Waals surface area contributed by atoms with Crippen molar-refractivity contribution in [1.82, 2.24) is 14.7 Å². The molecule has 1 amide bonds. The first kappa shape index (κ1) is 21.0. The van der Waals surface area contributed by atoms with E-state index in [-0.39, 0.29) is 5.91 Å². The standard InChI is InChI=1S/C24H25N3O3/c1-4-15-26(17-19-9-7-6-8-10-19)23(28)20-11-13-21(14-12-20)27-18(3)22(16-25-27)24(29)30-5-2/h4,6-14,16H,1,5,15,17H2,2-3H3. The van der Waals surface area contributed by atoms with Gasteiger partial charge in [-0.1, -0.05) is 36.4 Å². The molecule has 0 aliphatic heterocycles. The summed E-state index contributed by atoms with van der Waals surface area (Å²) in [6.07, 6.45) is 3.22. The molecule has 154 valence electrons. The molecule has 30 heavy (non-hydrogen) atoms. The van der Waals surface area contributed by atoms with Gasteiger partial charge in [-0.2, -0.15) is 5.10 Å². The third-order valence-electron chi connectivity index (χ3n) is 4.72. The van der Waals surface area contributed by atoms with Gasteiger partial charge in [0.05, 0.1) is 24.2 Å². The summed E-state index contributed by atoms with van der Waals surface area (Å²) in [7, 11) is 0. The molecule has 1 heterocycles. The second-order valence-electron chi connectivity index (χ2n) is 6.78. The maximum atomic E-state index is 13.0. The molecule has 0 aliphatic rings. The quantitative estimate of drug-likeness (QED) is 0.418. The Morgan fingerprint density at radius 3 is 2.47 bits per heavy atom. The van der Waals surface area contributed by atoms with Gasteiger partial charge in [0.15, 0.2) is 0 Å². The first-order valence-electron chi connectivity index (χ1n) is 9.81. The molecule has 0 saturated carbocycles. The van der Waals surface area contributed by atoms with Gasteiger partial charge in [-0.05, 0) is 43.7 Å². The zero-order valence-electron chi connectivity index (χ0n) is 17.2. The summed E-state index contributed by atoms with van der Waals surface area (Å²) < 4.78 is 6.71. The maximum absolute atomic E-state index is 13.0. The van der Waals surface area contributed by atoms with Crippen LogP contribution in [0.1, 0.15) is 38.9 Å². The molecule has 0 fully saturated rings. The van der Waals surface area contributed by atoms with Crippen LogP contribution in [0, 0.1) is 6.92 Å². The van der Waals surface area contributed by atoms with Crippen LogP contribution in [-0.2, 0) is 11.3 Å². The normalized spacial score (nSPS) is 10.5. The Balaban J connectivity index is 1.79. The molecule has 0 aliphatic carbocycles. The van der Waals surface area contributed by atoms with Gasteiger partial charge in [0, 0.05) is 18.7 Å². The lowest BCUT2D eigenvalue weighted by Crippen LogP contribution is -2.30. The summed E-state index contributed by atoms with van der Waals surface area (Å²) in [5.74, 6) is -0.469. The highest BCUT2D eigenvalue weighted by atomic mass is 16.5. The lowest BCUT2D eigenvalue weighted by Gasteiger charge is -2.21. The van der Waals surface area contributed by atoms with Crippen LogP contribution in [0.25, 0.3) is 5.69 Å². The third kappa shape index (κ3) is 4.66. The van der Waals surface area contributed by atoms with Crippen molar-refractivity contribution >= 4 is 11.9 Å². The number of hydrogen-bond donors (Lipinski definition) is 0. The lowest BCUT2D eigenvalue weighted by atomic mass is 10.1. The molecule has 6 heteroatoms. The lowest BCUT2D eigenvalue weighted by molar-refractivity contribution is 0.0525. The number of nitrogens with zero attached hydrogens (tertiary/aromatic N) is 3.